The highest BCUT2D eigenvalue weighted by Gasteiger charge is 2.44. The number of fused-ring (bicyclic) bond motifs is 2. The predicted octanol–water partition coefficient (Wildman–Crippen LogP) is 8.73. The molecular formula is C63H79N4O18S2+. The van der Waals surface area contributed by atoms with E-state index in [1.54, 1.807) is 24.3 Å². The van der Waals surface area contributed by atoms with Gasteiger partial charge in [0.2, 0.25) is 5.69 Å². The van der Waals surface area contributed by atoms with Crippen LogP contribution in [0.1, 0.15) is 134 Å². The van der Waals surface area contributed by atoms with Gasteiger partial charge in [-0.2, -0.15) is 21.4 Å². The molecule has 0 spiro atoms. The molecule has 0 aromatic heterocycles. The minimum absolute atomic E-state index is 0.0558. The van der Waals surface area contributed by atoms with Crippen LogP contribution in [-0.2, 0) is 66.3 Å². The molecule has 24 heteroatoms. The number of carboxylic acids is 4. The van der Waals surface area contributed by atoms with Gasteiger partial charge in [0.05, 0.1) is 28.8 Å². The molecule has 6 rings (SSSR count). The molecule has 0 fully saturated rings. The second kappa shape index (κ2) is 30.2. The normalized spacial score (nSPS) is 17.4. The third-order valence-electron chi connectivity index (χ3n) is 15.9. The fourth-order valence-corrected chi connectivity index (χ4v) is 12.5. The van der Waals surface area contributed by atoms with Gasteiger partial charge in [-0.25, -0.2) is 9.59 Å². The molecule has 87 heavy (non-hydrogen) atoms. The maximum Gasteiger partial charge on any atom is 0.326 e. The van der Waals surface area contributed by atoms with Gasteiger partial charge in [-0.15, -0.1) is 0 Å². The molecule has 0 saturated carbocycles. The Balaban J connectivity index is 1.25. The number of Topliss-reactive ketones (excluding diaryl/α,β-unsaturated/α-hetero) is 2. The maximum absolute atomic E-state index is 13.4. The van der Waals surface area contributed by atoms with Crippen molar-refractivity contribution in [2.24, 2.45) is 11.8 Å². The fraction of sp³-hybridized carbons (Fsp3) is 0.460. The Bertz CT molecular complexity index is 3470. The number of nitrogens with zero attached hydrogens (tertiary/aromatic N) is 2. The first-order chi connectivity index (χ1) is 40.9. The molecule has 22 nitrogen and oxygen atoms in total. The van der Waals surface area contributed by atoms with E-state index in [9.17, 15) is 74.8 Å². The van der Waals surface area contributed by atoms with E-state index in [0.717, 1.165) is 51.5 Å². The van der Waals surface area contributed by atoms with E-state index in [-0.39, 0.29) is 50.2 Å². The average Bonchev–Trinajstić information content (AvgIpc) is 1.62. The van der Waals surface area contributed by atoms with Gasteiger partial charge >= 0.3 is 29.9 Å². The number of unbranched alkanes of at least 4 members (excludes halogenated alkanes) is 2. The first-order valence-corrected chi connectivity index (χ1v) is 32.3. The lowest BCUT2D eigenvalue weighted by Crippen LogP contribution is -2.46. The quantitative estimate of drug-likeness (QED) is 0.0157. The number of allylic oxidation sites excluding steroid dienone is 7. The van der Waals surface area contributed by atoms with Gasteiger partial charge in [0.1, 0.15) is 35.7 Å². The number of carbonyl (C=O) groups excluding carboxylic acids is 3. The van der Waals surface area contributed by atoms with Crippen molar-refractivity contribution in [3.05, 3.63) is 136 Å². The average molecular weight is 1240 g/mol. The lowest BCUT2D eigenvalue weighted by Gasteiger charge is -2.27. The Morgan fingerprint density at radius 1 is 0.678 bits per heavy atom. The number of nitrogens with one attached hydrogen (secondary N) is 2. The number of amides is 2. The van der Waals surface area contributed by atoms with Gasteiger partial charge in [-0.05, 0) is 124 Å². The summed E-state index contributed by atoms with van der Waals surface area (Å²) in [5.74, 6) is -9.34. The maximum atomic E-state index is 13.4. The minimum atomic E-state index is -4.15. The van der Waals surface area contributed by atoms with Crippen molar-refractivity contribution in [2.45, 2.75) is 141 Å². The first kappa shape index (κ1) is 68.3. The minimum Gasteiger partial charge on any atom is -0.481 e. The second-order valence-corrected chi connectivity index (χ2v) is 26.4. The van der Waals surface area contributed by atoms with E-state index < -0.39 is 123 Å². The van der Waals surface area contributed by atoms with Gasteiger partial charge < -0.3 is 40.7 Å². The van der Waals surface area contributed by atoms with Gasteiger partial charge in [-0.1, -0.05) is 68.5 Å². The molecule has 3 atom stereocenters. The summed E-state index contributed by atoms with van der Waals surface area (Å²) in [7, 11) is -8.29. The number of hydrogen-bond donors (Lipinski definition) is 8. The fourth-order valence-electron chi connectivity index (χ4n) is 11.4. The summed E-state index contributed by atoms with van der Waals surface area (Å²) in [5.41, 5.74) is 7.40. The second-order valence-electron chi connectivity index (χ2n) is 23.3. The molecule has 3 aromatic carbocycles. The van der Waals surface area contributed by atoms with E-state index >= 15 is 0 Å². The molecule has 2 heterocycles. The summed E-state index contributed by atoms with van der Waals surface area (Å²) in [6.07, 6.45) is 8.67. The van der Waals surface area contributed by atoms with E-state index in [1.165, 1.54) is 0 Å². The molecule has 1 aliphatic carbocycles. The molecule has 2 amide bonds. The molecule has 0 bridgehead atoms. The van der Waals surface area contributed by atoms with Gasteiger partial charge in [-0.3, -0.25) is 33.1 Å². The highest BCUT2D eigenvalue weighted by molar-refractivity contribution is 7.86. The number of ether oxygens (including phenoxy) is 1. The van der Waals surface area contributed by atoms with Crippen molar-refractivity contribution in [1.82, 2.24) is 10.6 Å². The zero-order chi connectivity index (χ0) is 63.9. The highest BCUT2D eigenvalue weighted by Crippen LogP contribution is 2.48. The van der Waals surface area contributed by atoms with Crippen molar-refractivity contribution < 1.29 is 89.2 Å². The van der Waals surface area contributed by atoms with Crippen molar-refractivity contribution in [3.63, 3.8) is 0 Å². The number of urea groups is 1. The van der Waals surface area contributed by atoms with Crippen LogP contribution in [0.5, 0.6) is 5.75 Å². The van der Waals surface area contributed by atoms with E-state index in [2.05, 4.69) is 72.1 Å². The zero-order valence-corrected chi connectivity index (χ0v) is 51.0. The van der Waals surface area contributed by atoms with Crippen LogP contribution in [0, 0.1) is 11.8 Å². The highest BCUT2D eigenvalue weighted by atomic mass is 32.2. The summed E-state index contributed by atoms with van der Waals surface area (Å²) in [6.45, 7) is 9.41. The summed E-state index contributed by atoms with van der Waals surface area (Å²) >= 11 is 0. The van der Waals surface area contributed by atoms with Gasteiger partial charge in [0.25, 0.3) is 20.2 Å². The van der Waals surface area contributed by atoms with E-state index in [4.69, 9.17) is 9.84 Å². The number of ketones is 2. The predicted molar refractivity (Wildman–Crippen MR) is 325 cm³/mol. The van der Waals surface area contributed by atoms with Crippen LogP contribution in [0.2, 0.25) is 0 Å². The van der Waals surface area contributed by atoms with Crippen LogP contribution >= 0.6 is 0 Å². The van der Waals surface area contributed by atoms with Gasteiger partial charge in [0, 0.05) is 86.1 Å². The van der Waals surface area contributed by atoms with Crippen LogP contribution in [-0.4, -0.2) is 135 Å². The molecule has 0 unspecified atom stereocenters. The molecule has 0 radical (unpaired) electrons. The van der Waals surface area contributed by atoms with E-state index in [0.29, 0.717) is 55.8 Å². The van der Waals surface area contributed by atoms with Crippen molar-refractivity contribution in [1.29, 1.82) is 0 Å². The van der Waals surface area contributed by atoms with E-state index in [1.807, 2.05) is 48.6 Å². The largest absolute Gasteiger partial charge is 0.481 e. The lowest BCUT2D eigenvalue weighted by atomic mass is 9.81. The Kier molecular flexibility index (Phi) is 23.7. The number of carboxylic acid groups (broad SMARTS) is 4. The molecule has 0 saturated heterocycles. The van der Waals surface area contributed by atoms with Crippen LogP contribution in [0.4, 0.5) is 16.2 Å². The van der Waals surface area contributed by atoms with Crippen LogP contribution < -0.4 is 20.3 Å². The molecule has 3 aromatic rings. The standard InChI is InChI=1S/C63H78N4O18S2/c1-62(2)49-17-5-7-19-52(49)66(33-9-11-35-86(79,80)81)54(62)30-24-42-15-13-16-43(25-31-55-63(3,4)50-18-6-8-20-53(50)67(55)34-10-12-36-87(82,83)84)57(42)85-48-27-22-41(23-28-48)37-44(58(72)73)39-47(69)40-45(59(74)75)38-46(68)26-29-51(60(76)77)65-61(78)64-32-14-21-56(70)71/h5-8,17-20,22-25,27-28,30-31,44-45,51H,9-16,21,26,29,32-40H2,1-4H3,(H7-,64,65,70,71,72,73,74,75,76,77,78,79,80,81,82,83,84)/p+1/t44-,45+,51+/m1/s1. The summed E-state index contributed by atoms with van der Waals surface area (Å²) in [6, 6.07) is 20.3. The molecule has 2 aliphatic heterocycles. The number of hydrogen-bond acceptors (Lipinski definition) is 13. The summed E-state index contributed by atoms with van der Waals surface area (Å²) in [4.78, 5) is 88.1. The Morgan fingerprint density at radius 3 is 1.94 bits per heavy atom. The van der Waals surface area contributed by atoms with Crippen LogP contribution in [0.3, 0.4) is 0 Å². The third-order valence-corrected chi connectivity index (χ3v) is 17.6. The number of carbonyl (C=O) groups is 7. The molecular weight excluding hydrogens is 1160 g/mol. The number of para-hydroxylation sites is 2. The number of anilines is 1. The van der Waals surface area contributed by atoms with Crippen LogP contribution in [0.25, 0.3) is 0 Å². The Morgan fingerprint density at radius 2 is 1.30 bits per heavy atom. The third kappa shape index (κ3) is 19.6. The molecule has 3 aliphatic rings. The van der Waals surface area contributed by atoms with Crippen molar-refractivity contribution >= 4 is 78.8 Å². The Hall–Kier alpha value is -7.80. The van der Waals surface area contributed by atoms with Gasteiger partial charge in [0.15, 0.2) is 5.71 Å². The zero-order valence-electron chi connectivity index (χ0n) is 49.4. The van der Waals surface area contributed by atoms with Crippen molar-refractivity contribution in [3.8, 4) is 5.75 Å². The Labute approximate surface area is 507 Å². The number of rotatable bonds is 34. The SMILES string of the molecule is CC1(C)C(=CC=C2CCCC(C=CC3=[N+](CCCCS(=O)(=O)O)c4ccccc4C3(C)C)=C2Oc2ccc(C[C@H](CC(=O)C[C@H](CC(=O)CC[C@H](NC(=O)NCCCC(=O)O)C(=O)O)C(=O)O)C(=O)O)cc2)N(CCCCS(=O)(=O)O)c2ccccc21. The first-order valence-electron chi connectivity index (χ1n) is 29.0. The molecule has 8 N–H and O–H groups in total. The summed E-state index contributed by atoms with van der Waals surface area (Å²) < 4.78 is 74.5. The van der Waals surface area contributed by atoms with Crippen molar-refractivity contribution in [2.75, 3.05) is 36.0 Å². The lowest BCUT2D eigenvalue weighted by molar-refractivity contribution is -0.438. The summed E-state index contributed by atoms with van der Waals surface area (Å²) in [5, 5.41) is 43.1. The monoisotopic (exact) mass is 1240 g/mol. The number of aliphatic carboxylic acids is 4. The molecule has 470 valence electrons. The topological polar surface area (TPSA) is 349 Å². The number of benzene rings is 3. The van der Waals surface area contributed by atoms with Crippen LogP contribution in [0.15, 0.2) is 120 Å². The smallest absolute Gasteiger partial charge is 0.326 e.